The molecule has 0 aliphatic heterocycles. The predicted molar refractivity (Wildman–Crippen MR) is 95.5 cm³/mol. The average Bonchev–Trinajstić information content (AvgIpc) is 2.58. The second kappa shape index (κ2) is 6.84. The lowest BCUT2D eigenvalue weighted by Gasteiger charge is -2.08. The van der Waals surface area contributed by atoms with Crippen molar-refractivity contribution in [3.05, 3.63) is 69.7 Å². The maximum absolute atomic E-state index is 12.4. The average molecular weight is 342 g/mol. The van der Waals surface area contributed by atoms with E-state index in [-0.39, 0.29) is 18.0 Å². The van der Waals surface area contributed by atoms with Crippen molar-refractivity contribution in [2.45, 2.75) is 19.9 Å². The first-order valence-corrected chi connectivity index (χ1v) is 7.98. The van der Waals surface area contributed by atoms with Crippen LogP contribution in [0.15, 0.2) is 53.6 Å². The van der Waals surface area contributed by atoms with Gasteiger partial charge in [0.15, 0.2) is 0 Å². The van der Waals surface area contributed by atoms with Gasteiger partial charge in [-0.1, -0.05) is 30.7 Å². The Morgan fingerprint density at radius 2 is 1.96 bits per heavy atom. The molecule has 0 aliphatic rings. The number of rotatable bonds is 4. The zero-order valence-corrected chi connectivity index (χ0v) is 13.9. The fourth-order valence-electron chi connectivity index (χ4n) is 2.42. The van der Waals surface area contributed by atoms with Crippen LogP contribution >= 0.6 is 11.6 Å². The van der Waals surface area contributed by atoms with E-state index in [2.05, 4.69) is 17.2 Å². The molecule has 0 aliphatic carbocycles. The van der Waals surface area contributed by atoms with Gasteiger partial charge < -0.3 is 5.32 Å². The van der Waals surface area contributed by atoms with Crippen molar-refractivity contribution >= 4 is 34.1 Å². The maximum atomic E-state index is 12.4. The van der Waals surface area contributed by atoms with Crippen molar-refractivity contribution in [2.75, 3.05) is 5.32 Å². The predicted octanol–water partition coefficient (Wildman–Crippen LogP) is 3.25. The Kier molecular flexibility index (Phi) is 4.62. The molecule has 0 fully saturated rings. The van der Waals surface area contributed by atoms with Gasteiger partial charge in [-0.05, 0) is 42.3 Å². The number of nitrogens with one attached hydrogen (secondary N) is 1. The number of carbonyl (C=O) groups is 1. The second-order valence-corrected chi connectivity index (χ2v) is 5.87. The SMILES string of the molecule is CCc1ccc(NC(=O)Cn2cnc3cc(Cl)ccc3c2=O)cc1. The molecule has 2 aromatic carbocycles. The lowest BCUT2D eigenvalue weighted by Crippen LogP contribution is -2.27. The highest BCUT2D eigenvalue weighted by Gasteiger charge is 2.09. The molecular weight excluding hydrogens is 326 g/mol. The number of aryl methyl sites for hydroxylation is 1. The molecule has 3 rings (SSSR count). The van der Waals surface area contributed by atoms with Crippen molar-refractivity contribution in [1.82, 2.24) is 9.55 Å². The van der Waals surface area contributed by atoms with Crippen molar-refractivity contribution in [2.24, 2.45) is 0 Å². The van der Waals surface area contributed by atoms with Gasteiger partial charge >= 0.3 is 0 Å². The Hall–Kier alpha value is -2.66. The smallest absolute Gasteiger partial charge is 0.261 e. The molecular formula is C18H16ClN3O2. The fraction of sp³-hybridized carbons (Fsp3) is 0.167. The van der Waals surface area contributed by atoms with E-state index in [1.54, 1.807) is 18.2 Å². The molecule has 1 aromatic heterocycles. The van der Waals surface area contributed by atoms with E-state index in [4.69, 9.17) is 11.6 Å². The molecule has 1 N–H and O–H groups in total. The van der Waals surface area contributed by atoms with E-state index in [0.29, 0.717) is 21.6 Å². The summed E-state index contributed by atoms with van der Waals surface area (Å²) in [6, 6.07) is 12.5. The summed E-state index contributed by atoms with van der Waals surface area (Å²) < 4.78 is 1.28. The minimum atomic E-state index is -0.281. The van der Waals surface area contributed by atoms with E-state index in [1.165, 1.54) is 16.5 Å². The number of benzene rings is 2. The molecule has 3 aromatic rings. The summed E-state index contributed by atoms with van der Waals surface area (Å²) >= 11 is 5.89. The summed E-state index contributed by atoms with van der Waals surface area (Å²) in [5, 5.41) is 3.73. The van der Waals surface area contributed by atoms with E-state index < -0.39 is 0 Å². The van der Waals surface area contributed by atoms with Gasteiger partial charge in [-0.25, -0.2) is 4.98 Å². The highest BCUT2D eigenvalue weighted by Crippen LogP contribution is 2.14. The highest BCUT2D eigenvalue weighted by atomic mass is 35.5. The monoisotopic (exact) mass is 341 g/mol. The van der Waals surface area contributed by atoms with Gasteiger partial charge in [0, 0.05) is 10.7 Å². The van der Waals surface area contributed by atoms with Crippen LogP contribution in [-0.2, 0) is 17.8 Å². The first-order valence-electron chi connectivity index (χ1n) is 7.60. The van der Waals surface area contributed by atoms with Gasteiger partial charge in [-0.3, -0.25) is 14.2 Å². The summed E-state index contributed by atoms with van der Waals surface area (Å²) in [7, 11) is 0. The second-order valence-electron chi connectivity index (χ2n) is 5.44. The van der Waals surface area contributed by atoms with Crippen molar-refractivity contribution in [1.29, 1.82) is 0 Å². The molecule has 0 saturated carbocycles. The standard InChI is InChI=1S/C18H16ClN3O2/c1-2-12-3-6-14(7-4-12)21-17(23)10-22-11-20-16-9-13(19)5-8-15(16)18(22)24/h3-9,11H,2,10H2,1H3,(H,21,23). The number of aromatic nitrogens is 2. The molecule has 0 atom stereocenters. The molecule has 0 saturated heterocycles. The van der Waals surface area contributed by atoms with Crippen molar-refractivity contribution in [3.63, 3.8) is 0 Å². The lowest BCUT2D eigenvalue weighted by atomic mass is 10.1. The Bertz CT molecular complexity index is 949. The van der Waals surface area contributed by atoms with Crippen LogP contribution in [0, 0.1) is 0 Å². The molecule has 0 spiro atoms. The van der Waals surface area contributed by atoms with E-state index in [0.717, 1.165) is 6.42 Å². The van der Waals surface area contributed by atoms with Gasteiger partial charge in [-0.2, -0.15) is 0 Å². The van der Waals surface area contributed by atoms with Gasteiger partial charge in [0.2, 0.25) is 5.91 Å². The summed E-state index contributed by atoms with van der Waals surface area (Å²) in [5.74, 6) is -0.281. The molecule has 24 heavy (non-hydrogen) atoms. The van der Waals surface area contributed by atoms with Gasteiger partial charge in [0.25, 0.3) is 5.56 Å². The van der Waals surface area contributed by atoms with E-state index >= 15 is 0 Å². The molecule has 0 unspecified atom stereocenters. The summed E-state index contributed by atoms with van der Waals surface area (Å²) in [4.78, 5) is 28.8. The quantitative estimate of drug-likeness (QED) is 0.792. The van der Waals surface area contributed by atoms with Gasteiger partial charge in [-0.15, -0.1) is 0 Å². The summed E-state index contributed by atoms with van der Waals surface area (Å²) in [6.07, 6.45) is 2.30. The lowest BCUT2D eigenvalue weighted by molar-refractivity contribution is -0.116. The largest absolute Gasteiger partial charge is 0.325 e. The third-order valence-corrected chi connectivity index (χ3v) is 3.98. The number of halogens is 1. The highest BCUT2D eigenvalue weighted by molar-refractivity contribution is 6.31. The Labute approximate surface area is 143 Å². The van der Waals surface area contributed by atoms with Gasteiger partial charge in [0.1, 0.15) is 6.54 Å². The molecule has 0 bridgehead atoms. The van der Waals surface area contributed by atoms with Crippen LogP contribution in [-0.4, -0.2) is 15.5 Å². The minimum absolute atomic E-state index is 0.0973. The zero-order valence-electron chi connectivity index (χ0n) is 13.1. The number of fused-ring (bicyclic) bond motifs is 1. The normalized spacial score (nSPS) is 10.8. The molecule has 5 nitrogen and oxygen atoms in total. The third-order valence-electron chi connectivity index (χ3n) is 3.75. The fourth-order valence-corrected chi connectivity index (χ4v) is 2.59. The van der Waals surface area contributed by atoms with Gasteiger partial charge in [0.05, 0.1) is 17.2 Å². The number of anilines is 1. The van der Waals surface area contributed by atoms with Crippen LogP contribution in [0.5, 0.6) is 0 Å². The minimum Gasteiger partial charge on any atom is -0.325 e. The summed E-state index contributed by atoms with van der Waals surface area (Å²) in [6.45, 7) is 1.97. The number of nitrogens with zero attached hydrogens (tertiary/aromatic N) is 2. The first kappa shape index (κ1) is 16.2. The molecule has 1 amide bonds. The topological polar surface area (TPSA) is 64.0 Å². The van der Waals surface area contributed by atoms with E-state index in [1.807, 2.05) is 24.3 Å². The Morgan fingerprint density at radius 3 is 2.67 bits per heavy atom. The maximum Gasteiger partial charge on any atom is 0.261 e. The third kappa shape index (κ3) is 3.46. The van der Waals surface area contributed by atoms with Crippen molar-refractivity contribution < 1.29 is 4.79 Å². The van der Waals surface area contributed by atoms with Crippen LogP contribution in [0.3, 0.4) is 0 Å². The van der Waals surface area contributed by atoms with Crippen molar-refractivity contribution in [3.8, 4) is 0 Å². The Morgan fingerprint density at radius 1 is 1.21 bits per heavy atom. The number of carbonyl (C=O) groups excluding carboxylic acids is 1. The number of amides is 1. The van der Waals surface area contributed by atoms with E-state index in [9.17, 15) is 9.59 Å². The van der Waals surface area contributed by atoms with Crippen LogP contribution in [0.25, 0.3) is 10.9 Å². The number of hydrogen-bond acceptors (Lipinski definition) is 3. The summed E-state index contributed by atoms with van der Waals surface area (Å²) in [5.41, 5.74) is 2.14. The zero-order chi connectivity index (χ0) is 17.1. The molecule has 122 valence electrons. The van der Waals surface area contributed by atoms with Crippen LogP contribution in [0.2, 0.25) is 5.02 Å². The Balaban J connectivity index is 1.78. The van der Waals surface area contributed by atoms with Crippen LogP contribution in [0.1, 0.15) is 12.5 Å². The molecule has 1 heterocycles. The first-order chi connectivity index (χ1) is 11.6. The number of hydrogen-bond donors (Lipinski definition) is 1. The van der Waals surface area contributed by atoms with Crippen LogP contribution < -0.4 is 10.9 Å². The molecule has 0 radical (unpaired) electrons. The van der Waals surface area contributed by atoms with Crippen LogP contribution in [0.4, 0.5) is 5.69 Å². The molecule has 6 heteroatoms.